The molecule has 0 aliphatic carbocycles. The van der Waals surface area contributed by atoms with Gasteiger partial charge in [-0.1, -0.05) is 18.2 Å². The van der Waals surface area contributed by atoms with Gasteiger partial charge in [0.25, 0.3) is 0 Å². The van der Waals surface area contributed by atoms with Gasteiger partial charge < -0.3 is 10.1 Å². The van der Waals surface area contributed by atoms with Gasteiger partial charge in [0, 0.05) is 3.57 Å². The van der Waals surface area contributed by atoms with E-state index in [0.29, 0.717) is 0 Å². The molecule has 2 nitrogen and oxygen atoms in total. The topological polar surface area (TPSA) is 21.3 Å². The summed E-state index contributed by atoms with van der Waals surface area (Å²) in [7, 11) is 1.90. The smallest absolute Gasteiger partial charge is 0.124 e. The first-order valence-corrected chi connectivity index (χ1v) is 7.98. The molecule has 0 amide bonds. The van der Waals surface area contributed by atoms with E-state index in [4.69, 9.17) is 4.74 Å². The summed E-state index contributed by atoms with van der Waals surface area (Å²) in [5, 5.41) is 3.29. The summed E-state index contributed by atoms with van der Waals surface area (Å²) in [6.07, 6.45) is 0.138. The van der Waals surface area contributed by atoms with E-state index in [1.807, 2.05) is 51.2 Å². The zero-order valence-electron chi connectivity index (χ0n) is 12.4. The maximum atomic E-state index is 13.3. The SMILES string of the molecule is CNC(c1cccc(OC(C)C)c1)c1ccc(F)cc1I. The zero-order chi connectivity index (χ0) is 15.4. The van der Waals surface area contributed by atoms with Crippen molar-refractivity contribution >= 4 is 22.6 Å². The van der Waals surface area contributed by atoms with E-state index in [9.17, 15) is 4.39 Å². The van der Waals surface area contributed by atoms with Crippen LogP contribution in [0.4, 0.5) is 4.39 Å². The Labute approximate surface area is 138 Å². The van der Waals surface area contributed by atoms with Crippen LogP contribution < -0.4 is 10.1 Å². The summed E-state index contributed by atoms with van der Waals surface area (Å²) in [5.41, 5.74) is 2.15. The Morgan fingerprint density at radius 1 is 1.14 bits per heavy atom. The summed E-state index contributed by atoms with van der Waals surface area (Å²) in [6.45, 7) is 4.01. The third-order valence-electron chi connectivity index (χ3n) is 3.13. The average Bonchev–Trinajstić information content (AvgIpc) is 2.41. The van der Waals surface area contributed by atoms with Crippen LogP contribution in [0.3, 0.4) is 0 Å². The summed E-state index contributed by atoms with van der Waals surface area (Å²) in [6, 6.07) is 12.9. The van der Waals surface area contributed by atoms with Gasteiger partial charge in [0.1, 0.15) is 11.6 Å². The molecule has 1 N–H and O–H groups in total. The maximum Gasteiger partial charge on any atom is 0.124 e. The Balaban J connectivity index is 2.37. The van der Waals surface area contributed by atoms with Crippen LogP contribution in [0.15, 0.2) is 42.5 Å². The normalized spacial score (nSPS) is 12.5. The fourth-order valence-corrected chi connectivity index (χ4v) is 3.07. The second kappa shape index (κ2) is 7.22. The van der Waals surface area contributed by atoms with Gasteiger partial charge in [-0.05, 0) is 78.9 Å². The molecule has 0 radical (unpaired) electrons. The molecule has 1 atom stereocenters. The summed E-state index contributed by atoms with van der Waals surface area (Å²) in [4.78, 5) is 0. The van der Waals surface area contributed by atoms with Gasteiger partial charge in [0.05, 0.1) is 12.1 Å². The number of hydrogen-bond donors (Lipinski definition) is 1. The molecule has 112 valence electrons. The number of hydrogen-bond acceptors (Lipinski definition) is 2. The number of halogens is 2. The van der Waals surface area contributed by atoms with Crippen LogP contribution in [-0.4, -0.2) is 13.2 Å². The highest BCUT2D eigenvalue weighted by atomic mass is 127. The fourth-order valence-electron chi connectivity index (χ4n) is 2.28. The zero-order valence-corrected chi connectivity index (χ0v) is 14.5. The highest BCUT2D eigenvalue weighted by Crippen LogP contribution is 2.28. The first kappa shape index (κ1) is 16.2. The van der Waals surface area contributed by atoms with Crippen molar-refractivity contribution in [3.05, 3.63) is 63.0 Å². The first-order valence-electron chi connectivity index (χ1n) is 6.90. The second-order valence-corrected chi connectivity index (χ2v) is 6.29. The number of ether oxygens (including phenoxy) is 1. The van der Waals surface area contributed by atoms with E-state index in [-0.39, 0.29) is 18.0 Å². The Kier molecular flexibility index (Phi) is 5.58. The first-order chi connectivity index (χ1) is 10.0. The van der Waals surface area contributed by atoms with E-state index in [1.165, 1.54) is 6.07 Å². The largest absolute Gasteiger partial charge is 0.491 e. The molecule has 4 heteroatoms. The predicted octanol–water partition coefficient (Wildman–Crippen LogP) is 4.53. The molecule has 0 aliphatic rings. The molecule has 2 rings (SSSR count). The van der Waals surface area contributed by atoms with E-state index in [0.717, 1.165) is 20.4 Å². The molecule has 0 spiro atoms. The number of benzene rings is 2. The summed E-state index contributed by atoms with van der Waals surface area (Å²) in [5.74, 6) is 0.634. The van der Waals surface area contributed by atoms with Crippen LogP contribution in [0.25, 0.3) is 0 Å². The maximum absolute atomic E-state index is 13.3. The van der Waals surface area contributed by atoms with Crippen LogP contribution in [0.5, 0.6) is 5.75 Å². The summed E-state index contributed by atoms with van der Waals surface area (Å²) >= 11 is 2.17. The van der Waals surface area contributed by atoms with E-state index in [1.54, 1.807) is 6.07 Å². The van der Waals surface area contributed by atoms with Gasteiger partial charge in [-0.15, -0.1) is 0 Å². The minimum atomic E-state index is -0.213. The molecule has 0 saturated carbocycles. The van der Waals surface area contributed by atoms with Gasteiger partial charge >= 0.3 is 0 Å². The van der Waals surface area contributed by atoms with Crippen molar-refractivity contribution in [2.24, 2.45) is 0 Å². The molecule has 0 saturated heterocycles. The molecule has 21 heavy (non-hydrogen) atoms. The lowest BCUT2D eigenvalue weighted by molar-refractivity contribution is 0.242. The van der Waals surface area contributed by atoms with Crippen molar-refractivity contribution in [3.8, 4) is 5.75 Å². The molecule has 2 aromatic rings. The third kappa shape index (κ3) is 4.17. The minimum Gasteiger partial charge on any atom is -0.491 e. The van der Waals surface area contributed by atoms with Crippen molar-refractivity contribution in [2.75, 3.05) is 7.05 Å². The molecule has 1 unspecified atom stereocenters. The highest BCUT2D eigenvalue weighted by Gasteiger charge is 2.16. The van der Waals surface area contributed by atoms with Crippen LogP contribution in [0.2, 0.25) is 0 Å². The van der Waals surface area contributed by atoms with Crippen molar-refractivity contribution in [1.29, 1.82) is 0 Å². The van der Waals surface area contributed by atoms with Crippen molar-refractivity contribution < 1.29 is 9.13 Å². The van der Waals surface area contributed by atoms with Gasteiger partial charge in [-0.3, -0.25) is 0 Å². The molecule has 2 aromatic carbocycles. The van der Waals surface area contributed by atoms with Gasteiger partial charge in [-0.2, -0.15) is 0 Å². The fraction of sp³-hybridized carbons (Fsp3) is 0.294. The monoisotopic (exact) mass is 399 g/mol. The Morgan fingerprint density at radius 2 is 1.90 bits per heavy atom. The lowest BCUT2D eigenvalue weighted by atomic mass is 9.98. The number of rotatable bonds is 5. The molecular weight excluding hydrogens is 380 g/mol. The quantitative estimate of drug-likeness (QED) is 0.747. The van der Waals surface area contributed by atoms with Gasteiger partial charge in [0.2, 0.25) is 0 Å². The van der Waals surface area contributed by atoms with E-state index >= 15 is 0 Å². The van der Waals surface area contributed by atoms with Crippen LogP contribution in [0, 0.1) is 9.39 Å². The lowest BCUT2D eigenvalue weighted by Gasteiger charge is -2.20. The van der Waals surface area contributed by atoms with Crippen molar-refractivity contribution in [2.45, 2.75) is 26.0 Å². The van der Waals surface area contributed by atoms with Crippen molar-refractivity contribution in [3.63, 3.8) is 0 Å². The molecule has 0 heterocycles. The average molecular weight is 399 g/mol. The standard InChI is InChI=1S/C17H19FINO/c1-11(2)21-14-6-4-5-12(9-14)17(20-3)15-8-7-13(18)10-16(15)19/h4-11,17,20H,1-3H3. The van der Waals surface area contributed by atoms with Crippen molar-refractivity contribution in [1.82, 2.24) is 5.32 Å². The van der Waals surface area contributed by atoms with Gasteiger partial charge in [-0.25, -0.2) is 4.39 Å². The molecule has 0 bridgehead atoms. The minimum absolute atomic E-state index is 0.00760. The van der Waals surface area contributed by atoms with Crippen LogP contribution in [-0.2, 0) is 0 Å². The Hall–Kier alpha value is -1.14. The lowest BCUT2D eigenvalue weighted by Crippen LogP contribution is -2.19. The number of nitrogens with one attached hydrogen (secondary N) is 1. The molecule has 0 aliphatic heterocycles. The summed E-state index contributed by atoms with van der Waals surface area (Å²) < 4.78 is 19.9. The molecular formula is C17H19FINO. The molecule has 0 fully saturated rings. The predicted molar refractivity (Wildman–Crippen MR) is 92.2 cm³/mol. The Morgan fingerprint density at radius 3 is 2.52 bits per heavy atom. The molecule has 0 aromatic heterocycles. The third-order valence-corrected chi connectivity index (χ3v) is 4.06. The van der Waals surface area contributed by atoms with Crippen LogP contribution in [0.1, 0.15) is 31.0 Å². The second-order valence-electron chi connectivity index (χ2n) is 5.13. The van der Waals surface area contributed by atoms with Crippen LogP contribution >= 0.6 is 22.6 Å². The van der Waals surface area contributed by atoms with Gasteiger partial charge in [0.15, 0.2) is 0 Å². The van der Waals surface area contributed by atoms with E-state index < -0.39 is 0 Å². The highest BCUT2D eigenvalue weighted by molar-refractivity contribution is 14.1. The van der Waals surface area contributed by atoms with E-state index in [2.05, 4.69) is 27.9 Å². The Bertz CT molecular complexity index is 615.